The van der Waals surface area contributed by atoms with Gasteiger partial charge in [0.25, 0.3) is 0 Å². The standard InChI is InChI=1S/C27H35N5O5S/c1-38(35,36)17-3-16-37-24-5-2-4-23-22(24)12-15-32(23)25-10-13-28-27(30-25)29-20-8-6-19(7-9-20)26(34)31-14-11-21(33)18-31/h2,4-5,10,12-13,15,19-21,33H,3,6-9,11,14,16-18H2,1H3,(H,28,29,30). The van der Waals surface area contributed by atoms with Crippen LogP contribution in [0.15, 0.2) is 42.7 Å². The Morgan fingerprint density at radius 1 is 1.16 bits per heavy atom. The molecule has 0 bridgehead atoms. The highest BCUT2D eigenvalue weighted by molar-refractivity contribution is 7.90. The number of fused-ring (bicyclic) bond motifs is 1. The second kappa shape index (κ2) is 11.3. The number of aliphatic hydroxyl groups is 1. The van der Waals surface area contributed by atoms with E-state index in [1.807, 2.05) is 46.0 Å². The van der Waals surface area contributed by atoms with Crippen LogP contribution in [-0.2, 0) is 14.6 Å². The maximum absolute atomic E-state index is 12.8. The summed E-state index contributed by atoms with van der Waals surface area (Å²) in [5, 5.41) is 14.1. The number of nitrogens with zero attached hydrogens (tertiary/aromatic N) is 4. The van der Waals surface area contributed by atoms with E-state index in [2.05, 4.69) is 10.3 Å². The molecule has 1 amide bonds. The largest absolute Gasteiger partial charge is 0.493 e. The molecule has 1 aliphatic carbocycles. The summed E-state index contributed by atoms with van der Waals surface area (Å²) in [4.78, 5) is 23.7. The van der Waals surface area contributed by atoms with Gasteiger partial charge >= 0.3 is 0 Å². The van der Waals surface area contributed by atoms with Gasteiger partial charge < -0.3 is 24.6 Å². The summed E-state index contributed by atoms with van der Waals surface area (Å²) in [6, 6.07) is 9.80. The van der Waals surface area contributed by atoms with E-state index in [1.165, 1.54) is 6.26 Å². The number of aliphatic hydroxyl groups excluding tert-OH is 1. The number of ether oxygens (including phenoxy) is 1. The maximum Gasteiger partial charge on any atom is 0.225 e. The monoisotopic (exact) mass is 541 g/mol. The van der Waals surface area contributed by atoms with Crippen LogP contribution in [0.2, 0.25) is 0 Å². The molecule has 1 unspecified atom stereocenters. The molecule has 11 heteroatoms. The molecule has 3 aromatic rings. The van der Waals surface area contributed by atoms with Crippen molar-refractivity contribution in [2.75, 3.05) is 37.0 Å². The number of hydrogen-bond acceptors (Lipinski definition) is 8. The summed E-state index contributed by atoms with van der Waals surface area (Å²) in [6.07, 6.45) is 9.00. The first-order chi connectivity index (χ1) is 18.3. The van der Waals surface area contributed by atoms with E-state index in [1.54, 1.807) is 6.20 Å². The molecule has 2 aliphatic rings. The van der Waals surface area contributed by atoms with Crippen molar-refractivity contribution in [3.8, 4) is 11.6 Å². The highest BCUT2D eigenvalue weighted by Gasteiger charge is 2.33. The molecule has 3 heterocycles. The predicted octanol–water partition coefficient (Wildman–Crippen LogP) is 2.80. The average molecular weight is 542 g/mol. The Labute approximate surface area is 222 Å². The molecule has 0 radical (unpaired) electrons. The number of sulfone groups is 1. The summed E-state index contributed by atoms with van der Waals surface area (Å²) >= 11 is 0. The summed E-state index contributed by atoms with van der Waals surface area (Å²) in [6.45, 7) is 1.44. The molecule has 204 valence electrons. The highest BCUT2D eigenvalue weighted by Crippen LogP contribution is 2.30. The minimum absolute atomic E-state index is 0.0274. The number of likely N-dealkylation sites (tertiary alicyclic amines) is 1. The topological polar surface area (TPSA) is 127 Å². The van der Waals surface area contributed by atoms with Crippen molar-refractivity contribution in [3.05, 3.63) is 42.7 Å². The minimum atomic E-state index is -3.01. The van der Waals surface area contributed by atoms with Crippen LogP contribution in [0.3, 0.4) is 0 Å². The molecule has 10 nitrogen and oxygen atoms in total. The molecule has 1 saturated carbocycles. The second-order valence-electron chi connectivity index (χ2n) is 10.4. The van der Waals surface area contributed by atoms with Crippen LogP contribution in [-0.4, -0.2) is 82.7 Å². The molecule has 1 aliphatic heterocycles. The lowest BCUT2D eigenvalue weighted by Gasteiger charge is -2.30. The molecule has 2 N–H and O–H groups in total. The zero-order valence-electron chi connectivity index (χ0n) is 21.6. The molecule has 1 atom stereocenters. The Hall–Kier alpha value is -3.18. The van der Waals surface area contributed by atoms with Crippen molar-refractivity contribution in [3.63, 3.8) is 0 Å². The fourth-order valence-electron chi connectivity index (χ4n) is 5.39. The van der Waals surface area contributed by atoms with E-state index in [0.29, 0.717) is 44.2 Å². The Bertz CT molecular complexity index is 1380. The van der Waals surface area contributed by atoms with Crippen molar-refractivity contribution in [2.45, 2.75) is 50.7 Å². The quantitative estimate of drug-likeness (QED) is 0.396. The molecule has 2 aromatic heterocycles. The number of anilines is 1. The first-order valence-corrected chi connectivity index (χ1v) is 15.3. The van der Waals surface area contributed by atoms with Gasteiger partial charge in [-0.25, -0.2) is 13.4 Å². The Morgan fingerprint density at radius 2 is 1.97 bits per heavy atom. The molecule has 2 fully saturated rings. The van der Waals surface area contributed by atoms with Crippen molar-refractivity contribution >= 4 is 32.6 Å². The maximum atomic E-state index is 12.8. The van der Waals surface area contributed by atoms with Gasteiger partial charge in [-0.15, -0.1) is 0 Å². The smallest absolute Gasteiger partial charge is 0.225 e. The van der Waals surface area contributed by atoms with E-state index >= 15 is 0 Å². The number of hydrogen-bond donors (Lipinski definition) is 2. The van der Waals surface area contributed by atoms with Crippen LogP contribution in [0.25, 0.3) is 16.7 Å². The van der Waals surface area contributed by atoms with Gasteiger partial charge in [-0.1, -0.05) is 6.07 Å². The second-order valence-corrected chi connectivity index (χ2v) is 12.6. The summed E-state index contributed by atoms with van der Waals surface area (Å²) in [5.74, 6) is 2.28. The lowest BCUT2D eigenvalue weighted by molar-refractivity contribution is -0.135. The average Bonchev–Trinajstić information content (AvgIpc) is 3.53. The number of nitrogens with one attached hydrogen (secondary N) is 1. The Morgan fingerprint density at radius 3 is 2.71 bits per heavy atom. The van der Waals surface area contributed by atoms with Gasteiger partial charge in [0.15, 0.2) is 0 Å². The number of amides is 1. The van der Waals surface area contributed by atoms with E-state index in [0.717, 1.165) is 42.4 Å². The zero-order chi connectivity index (χ0) is 26.7. The number of carbonyl (C=O) groups excluding carboxylic acids is 1. The molecule has 0 spiro atoms. The van der Waals surface area contributed by atoms with E-state index < -0.39 is 9.84 Å². The summed E-state index contributed by atoms with van der Waals surface area (Å²) < 4.78 is 30.6. The number of benzene rings is 1. The normalized spacial score (nSPS) is 22.1. The highest BCUT2D eigenvalue weighted by atomic mass is 32.2. The summed E-state index contributed by atoms with van der Waals surface area (Å²) in [7, 11) is -3.01. The van der Waals surface area contributed by atoms with Crippen molar-refractivity contribution in [2.24, 2.45) is 5.92 Å². The van der Waals surface area contributed by atoms with Gasteiger partial charge in [-0.2, -0.15) is 4.98 Å². The van der Waals surface area contributed by atoms with Crippen LogP contribution in [0.1, 0.15) is 38.5 Å². The number of carbonyl (C=O) groups is 1. The van der Waals surface area contributed by atoms with E-state index in [-0.39, 0.29) is 29.7 Å². The predicted molar refractivity (Wildman–Crippen MR) is 145 cm³/mol. The fraction of sp³-hybridized carbons (Fsp3) is 0.519. The third-order valence-electron chi connectivity index (χ3n) is 7.38. The van der Waals surface area contributed by atoms with Crippen molar-refractivity contribution in [1.82, 2.24) is 19.4 Å². The van der Waals surface area contributed by atoms with Gasteiger partial charge in [0.05, 0.1) is 24.0 Å². The number of β-amino-alcohol motifs (C(OH)–C–C–N with tert-alkyl or cyclic N) is 1. The molecule has 1 aromatic carbocycles. The minimum Gasteiger partial charge on any atom is -0.493 e. The van der Waals surface area contributed by atoms with Crippen LogP contribution in [0.4, 0.5) is 5.95 Å². The third kappa shape index (κ3) is 6.27. The van der Waals surface area contributed by atoms with Gasteiger partial charge in [-0.3, -0.25) is 4.79 Å². The van der Waals surface area contributed by atoms with E-state index in [4.69, 9.17) is 9.72 Å². The molecule has 1 saturated heterocycles. The lowest BCUT2D eigenvalue weighted by Crippen LogP contribution is -2.38. The SMILES string of the molecule is CS(=O)(=O)CCCOc1cccc2c1ccn2-c1ccnc(NC2CCC(C(=O)N3CCC(O)C3)CC2)n1. The zero-order valence-corrected chi connectivity index (χ0v) is 22.4. The lowest BCUT2D eigenvalue weighted by atomic mass is 9.85. The molecule has 38 heavy (non-hydrogen) atoms. The molecular weight excluding hydrogens is 506 g/mol. The fourth-order valence-corrected chi connectivity index (χ4v) is 6.03. The van der Waals surface area contributed by atoms with Crippen LogP contribution >= 0.6 is 0 Å². The first-order valence-electron chi connectivity index (χ1n) is 13.2. The van der Waals surface area contributed by atoms with Crippen LogP contribution in [0.5, 0.6) is 5.75 Å². The number of aromatic nitrogens is 3. The van der Waals surface area contributed by atoms with Crippen molar-refractivity contribution in [1.29, 1.82) is 0 Å². The molecule has 5 rings (SSSR count). The van der Waals surface area contributed by atoms with Gasteiger partial charge in [-0.05, 0) is 62.8 Å². The van der Waals surface area contributed by atoms with Crippen LogP contribution < -0.4 is 10.1 Å². The molecular formula is C27H35N5O5S. The summed E-state index contributed by atoms with van der Waals surface area (Å²) in [5.41, 5.74) is 0.932. The van der Waals surface area contributed by atoms with Gasteiger partial charge in [0.2, 0.25) is 11.9 Å². The van der Waals surface area contributed by atoms with Gasteiger partial charge in [0, 0.05) is 49.1 Å². The third-order valence-corrected chi connectivity index (χ3v) is 8.41. The van der Waals surface area contributed by atoms with Crippen LogP contribution in [0, 0.1) is 5.92 Å². The Kier molecular flexibility index (Phi) is 7.85. The van der Waals surface area contributed by atoms with Gasteiger partial charge in [0.1, 0.15) is 21.4 Å². The number of rotatable bonds is 9. The first kappa shape index (κ1) is 26.4. The van der Waals surface area contributed by atoms with Crippen molar-refractivity contribution < 1.29 is 23.1 Å². The van der Waals surface area contributed by atoms with E-state index in [9.17, 15) is 18.3 Å². The Balaban J connectivity index is 1.21.